The third-order valence-corrected chi connectivity index (χ3v) is 4.71. The SMILES string of the molecule is CCC1CN(C(=O)C(C)(CC)C(N)=S)CCN1C. The van der Waals surface area contributed by atoms with Gasteiger partial charge in [-0.3, -0.25) is 9.69 Å². The largest absolute Gasteiger partial charge is 0.392 e. The molecular formula is C13H25N3OS. The number of piperazine rings is 1. The summed E-state index contributed by atoms with van der Waals surface area (Å²) in [7, 11) is 2.11. The number of nitrogens with zero attached hydrogens (tertiary/aromatic N) is 2. The summed E-state index contributed by atoms with van der Waals surface area (Å²) in [5.41, 5.74) is 5.07. The highest BCUT2D eigenvalue weighted by atomic mass is 32.1. The van der Waals surface area contributed by atoms with Gasteiger partial charge in [-0.25, -0.2) is 0 Å². The van der Waals surface area contributed by atoms with Gasteiger partial charge in [0, 0.05) is 25.7 Å². The molecule has 0 spiro atoms. The number of amides is 1. The molecule has 5 heteroatoms. The van der Waals surface area contributed by atoms with Gasteiger partial charge in [-0.15, -0.1) is 0 Å². The van der Waals surface area contributed by atoms with Crippen molar-refractivity contribution in [3.8, 4) is 0 Å². The average Bonchev–Trinajstić information content (AvgIpc) is 2.37. The Morgan fingerprint density at radius 3 is 2.50 bits per heavy atom. The van der Waals surface area contributed by atoms with Crippen molar-refractivity contribution < 1.29 is 4.79 Å². The van der Waals surface area contributed by atoms with E-state index in [1.54, 1.807) is 0 Å². The fraction of sp³-hybridized carbons (Fsp3) is 0.846. The molecule has 0 aromatic rings. The predicted molar refractivity (Wildman–Crippen MR) is 78.5 cm³/mol. The van der Waals surface area contributed by atoms with Crippen LogP contribution in [0.1, 0.15) is 33.6 Å². The van der Waals surface area contributed by atoms with Crippen LogP contribution in [0.2, 0.25) is 0 Å². The monoisotopic (exact) mass is 271 g/mol. The van der Waals surface area contributed by atoms with E-state index in [9.17, 15) is 4.79 Å². The van der Waals surface area contributed by atoms with Gasteiger partial charge in [-0.05, 0) is 26.8 Å². The van der Waals surface area contributed by atoms with E-state index in [-0.39, 0.29) is 5.91 Å². The number of hydrogen-bond donors (Lipinski definition) is 1. The first-order valence-corrected chi connectivity index (χ1v) is 7.07. The second-order valence-electron chi connectivity index (χ2n) is 5.34. The molecule has 1 rings (SSSR count). The molecule has 104 valence electrons. The standard InChI is InChI=1S/C13H25N3OS/c1-5-10-9-16(8-7-15(10)4)12(17)13(3,6-2)11(14)18/h10H,5-9H2,1-4H3,(H2,14,18). The van der Waals surface area contributed by atoms with Crippen LogP contribution in [0.3, 0.4) is 0 Å². The number of likely N-dealkylation sites (N-methyl/N-ethyl adjacent to an activating group) is 1. The van der Waals surface area contributed by atoms with E-state index in [1.807, 2.05) is 18.7 Å². The zero-order valence-electron chi connectivity index (χ0n) is 11.9. The van der Waals surface area contributed by atoms with Gasteiger partial charge in [-0.2, -0.15) is 0 Å². The molecule has 2 unspecified atom stereocenters. The average molecular weight is 271 g/mol. The minimum Gasteiger partial charge on any atom is -0.392 e. The Morgan fingerprint density at radius 1 is 1.44 bits per heavy atom. The molecule has 2 N–H and O–H groups in total. The fourth-order valence-electron chi connectivity index (χ4n) is 2.35. The molecule has 18 heavy (non-hydrogen) atoms. The maximum absolute atomic E-state index is 12.6. The first-order chi connectivity index (χ1) is 8.36. The Balaban J connectivity index is 2.81. The maximum Gasteiger partial charge on any atom is 0.235 e. The minimum atomic E-state index is -0.691. The molecule has 1 amide bonds. The smallest absolute Gasteiger partial charge is 0.235 e. The summed E-state index contributed by atoms with van der Waals surface area (Å²) in [6.45, 7) is 8.44. The zero-order chi connectivity index (χ0) is 13.9. The van der Waals surface area contributed by atoms with Crippen LogP contribution in [0.5, 0.6) is 0 Å². The maximum atomic E-state index is 12.6. The molecule has 1 aliphatic heterocycles. The van der Waals surface area contributed by atoms with Crippen molar-refractivity contribution in [2.75, 3.05) is 26.7 Å². The quantitative estimate of drug-likeness (QED) is 0.782. The van der Waals surface area contributed by atoms with Crippen LogP contribution < -0.4 is 5.73 Å². The second-order valence-corrected chi connectivity index (χ2v) is 5.78. The van der Waals surface area contributed by atoms with E-state index >= 15 is 0 Å². The molecule has 1 heterocycles. The van der Waals surface area contributed by atoms with Crippen LogP contribution in [0, 0.1) is 5.41 Å². The topological polar surface area (TPSA) is 49.6 Å². The predicted octanol–water partition coefficient (Wildman–Crippen LogP) is 1.24. The van der Waals surface area contributed by atoms with Crippen molar-refractivity contribution in [2.45, 2.75) is 39.7 Å². The molecule has 0 aromatic carbocycles. The summed E-state index contributed by atoms with van der Waals surface area (Å²) < 4.78 is 0. The van der Waals surface area contributed by atoms with Gasteiger partial charge >= 0.3 is 0 Å². The Kier molecular flexibility index (Phi) is 5.10. The first-order valence-electron chi connectivity index (χ1n) is 6.66. The lowest BCUT2D eigenvalue weighted by molar-refractivity contribution is -0.140. The van der Waals surface area contributed by atoms with Gasteiger partial charge in [-0.1, -0.05) is 26.1 Å². The first kappa shape index (κ1) is 15.4. The Labute approximate surface area is 115 Å². The fourth-order valence-corrected chi connectivity index (χ4v) is 2.58. The lowest BCUT2D eigenvalue weighted by Gasteiger charge is -2.42. The van der Waals surface area contributed by atoms with Gasteiger partial charge in [0.25, 0.3) is 0 Å². The van der Waals surface area contributed by atoms with E-state index in [4.69, 9.17) is 18.0 Å². The van der Waals surface area contributed by atoms with Crippen molar-refractivity contribution >= 4 is 23.1 Å². The summed E-state index contributed by atoms with van der Waals surface area (Å²) in [4.78, 5) is 17.1. The Bertz CT molecular complexity index is 334. The normalized spacial score (nSPS) is 24.7. The second kappa shape index (κ2) is 5.97. The van der Waals surface area contributed by atoms with Crippen LogP contribution >= 0.6 is 12.2 Å². The van der Waals surface area contributed by atoms with Crippen LogP contribution in [-0.2, 0) is 4.79 Å². The molecule has 2 atom stereocenters. The van der Waals surface area contributed by atoms with Gasteiger partial charge in [0.05, 0.1) is 10.4 Å². The van der Waals surface area contributed by atoms with Crippen LogP contribution in [0.4, 0.5) is 0 Å². The zero-order valence-corrected chi connectivity index (χ0v) is 12.7. The number of thiocarbonyl (C=S) groups is 1. The third kappa shape index (κ3) is 2.83. The Hall–Kier alpha value is -0.680. The van der Waals surface area contributed by atoms with E-state index in [0.717, 1.165) is 26.1 Å². The van der Waals surface area contributed by atoms with Gasteiger partial charge in [0.1, 0.15) is 0 Å². The molecule has 4 nitrogen and oxygen atoms in total. The molecule has 1 aliphatic rings. The van der Waals surface area contributed by atoms with Crippen molar-refractivity contribution in [3.05, 3.63) is 0 Å². The highest BCUT2D eigenvalue weighted by molar-refractivity contribution is 7.80. The number of nitrogens with two attached hydrogens (primary N) is 1. The Morgan fingerprint density at radius 2 is 2.06 bits per heavy atom. The van der Waals surface area contributed by atoms with Gasteiger partial charge in [0.2, 0.25) is 5.91 Å². The molecule has 1 saturated heterocycles. The lowest BCUT2D eigenvalue weighted by Crippen LogP contribution is -2.57. The lowest BCUT2D eigenvalue weighted by atomic mass is 9.85. The van der Waals surface area contributed by atoms with E-state index < -0.39 is 5.41 Å². The number of carbonyl (C=O) groups excluding carboxylic acids is 1. The van der Waals surface area contributed by atoms with Gasteiger partial charge < -0.3 is 10.6 Å². The van der Waals surface area contributed by atoms with E-state index in [0.29, 0.717) is 17.5 Å². The summed E-state index contributed by atoms with van der Waals surface area (Å²) in [5.74, 6) is 0.0871. The molecule has 1 fully saturated rings. The number of rotatable bonds is 4. The summed E-state index contributed by atoms with van der Waals surface area (Å²) >= 11 is 5.08. The van der Waals surface area contributed by atoms with Crippen molar-refractivity contribution in [2.24, 2.45) is 11.1 Å². The summed E-state index contributed by atoms with van der Waals surface area (Å²) in [6, 6.07) is 0.440. The van der Waals surface area contributed by atoms with Crippen LogP contribution in [0.15, 0.2) is 0 Å². The highest BCUT2D eigenvalue weighted by Crippen LogP contribution is 2.26. The van der Waals surface area contributed by atoms with E-state index in [2.05, 4.69) is 18.9 Å². The van der Waals surface area contributed by atoms with E-state index in [1.165, 1.54) is 0 Å². The molecule has 0 saturated carbocycles. The molecule has 0 aliphatic carbocycles. The number of hydrogen-bond acceptors (Lipinski definition) is 3. The molecule has 0 aromatic heterocycles. The van der Waals surface area contributed by atoms with Crippen LogP contribution in [-0.4, -0.2) is 53.4 Å². The van der Waals surface area contributed by atoms with Crippen LogP contribution in [0.25, 0.3) is 0 Å². The molecular weight excluding hydrogens is 246 g/mol. The van der Waals surface area contributed by atoms with Crippen molar-refractivity contribution in [1.29, 1.82) is 0 Å². The number of carbonyl (C=O) groups is 1. The molecule has 0 radical (unpaired) electrons. The summed E-state index contributed by atoms with van der Waals surface area (Å²) in [6.07, 6.45) is 1.71. The highest BCUT2D eigenvalue weighted by Gasteiger charge is 2.39. The molecule has 0 bridgehead atoms. The summed E-state index contributed by atoms with van der Waals surface area (Å²) in [5, 5.41) is 0. The van der Waals surface area contributed by atoms with Crippen molar-refractivity contribution in [1.82, 2.24) is 9.80 Å². The minimum absolute atomic E-state index is 0.0871. The third-order valence-electron chi connectivity index (χ3n) is 4.26. The van der Waals surface area contributed by atoms with Gasteiger partial charge in [0.15, 0.2) is 0 Å². The van der Waals surface area contributed by atoms with Crippen molar-refractivity contribution in [3.63, 3.8) is 0 Å².